The molecule has 0 radical (unpaired) electrons. The van der Waals surface area contributed by atoms with E-state index in [0.717, 1.165) is 42.0 Å². The van der Waals surface area contributed by atoms with Crippen LogP contribution in [0.1, 0.15) is 17.8 Å². The van der Waals surface area contributed by atoms with Gasteiger partial charge in [0.25, 0.3) is 0 Å². The van der Waals surface area contributed by atoms with Crippen molar-refractivity contribution in [3.05, 3.63) is 59.9 Å². The highest BCUT2D eigenvalue weighted by molar-refractivity contribution is 5.77. The normalized spacial score (nSPS) is 10.9. The first kappa shape index (κ1) is 18.9. The van der Waals surface area contributed by atoms with E-state index in [1.807, 2.05) is 30.3 Å². The molecule has 0 aliphatic rings. The van der Waals surface area contributed by atoms with Gasteiger partial charge in [0.05, 0.1) is 18.1 Å². The Morgan fingerprint density at radius 3 is 2.63 bits per heavy atom. The zero-order valence-electron chi connectivity index (χ0n) is 15.8. The van der Waals surface area contributed by atoms with E-state index in [-0.39, 0.29) is 12.5 Å². The van der Waals surface area contributed by atoms with Crippen molar-refractivity contribution in [1.82, 2.24) is 14.9 Å². The van der Waals surface area contributed by atoms with E-state index >= 15 is 0 Å². The van der Waals surface area contributed by atoms with Crippen molar-refractivity contribution in [3.8, 4) is 5.75 Å². The number of carbonyl (C=O) groups excluding carboxylic acids is 1. The number of nitrogens with one attached hydrogen (secondary N) is 1. The number of aromatic nitrogens is 2. The molecule has 3 rings (SSSR count). The summed E-state index contributed by atoms with van der Waals surface area (Å²) in [6.07, 6.45) is 1.61. The number of aryl methyl sites for hydroxylation is 1. The van der Waals surface area contributed by atoms with E-state index in [1.54, 1.807) is 7.11 Å². The summed E-state index contributed by atoms with van der Waals surface area (Å²) >= 11 is 0. The number of methoxy groups -OCH3 is 2. The fourth-order valence-corrected chi connectivity index (χ4v) is 3.06. The average Bonchev–Trinajstić information content (AvgIpc) is 3.03. The van der Waals surface area contributed by atoms with Gasteiger partial charge in [-0.25, -0.2) is 4.98 Å². The first-order chi connectivity index (χ1) is 13.2. The van der Waals surface area contributed by atoms with E-state index in [1.165, 1.54) is 12.7 Å². The van der Waals surface area contributed by atoms with E-state index in [4.69, 9.17) is 14.5 Å². The maximum Gasteiger partial charge on any atom is 0.245 e. The summed E-state index contributed by atoms with van der Waals surface area (Å²) in [5.74, 6) is 1.78. The third-order valence-corrected chi connectivity index (χ3v) is 4.41. The minimum Gasteiger partial charge on any atom is -0.497 e. The molecule has 0 aliphatic heterocycles. The lowest BCUT2D eigenvalue weighted by molar-refractivity contribution is -0.124. The molecule has 0 saturated heterocycles. The van der Waals surface area contributed by atoms with Crippen molar-refractivity contribution in [2.45, 2.75) is 19.4 Å². The van der Waals surface area contributed by atoms with Gasteiger partial charge >= 0.3 is 0 Å². The summed E-state index contributed by atoms with van der Waals surface area (Å²) < 4.78 is 12.3. The summed E-state index contributed by atoms with van der Waals surface area (Å²) in [5.41, 5.74) is 3.30. The zero-order chi connectivity index (χ0) is 19.1. The zero-order valence-corrected chi connectivity index (χ0v) is 15.8. The summed E-state index contributed by atoms with van der Waals surface area (Å²) in [6, 6.07) is 16.2. The van der Waals surface area contributed by atoms with Crippen LogP contribution < -0.4 is 10.1 Å². The fourth-order valence-electron chi connectivity index (χ4n) is 3.06. The molecule has 0 aliphatic carbocycles. The molecule has 0 saturated carbocycles. The molecule has 6 heteroatoms. The second-order valence-electron chi connectivity index (χ2n) is 6.34. The summed E-state index contributed by atoms with van der Waals surface area (Å²) in [6.45, 7) is 1.44. The van der Waals surface area contributed by atoms with Crippen molar-refractivity contribution < 1.29 is 14.3 Å². The minimum atomic E-state index is -0.0933. The smallest absolute Gasteiger partial charge is 0.245 e. The molecule has 1 aromatic heterocycles. The van der Waals surface area contributed by atoms with Gasteiger partial charge in [-0.15, -0.1) is 0 Å². The monoisotopic (exact) mass is 367 g/mol. The third kappa shape index (κ3) is 4.86. The Labute approximate surface area is 159 Å². The number of benzene rings is 2. The number of carbonyl (C=O) groups is 1. The Balaban J connectivity index is 1.74. The summed E-state index contributed by atoms with van der Waals surface area (Å²) in [4.78, 5) is 16.3. The highest BCUT2D eigenvalue weighted by Crippen LogP contribution is 2.20. The molecule has 2 aromatic carbocycles. The van der Waals surface area contributed by atoms with E-state index in [2.05, 4.69) is 28.1 Å². The number of hydrogen-bond donors (Lipinski definition) is 1. The standard InChI is InChI=1S/C21H25N3O3/c1-26-15-21(25)22-13-5-8-20-23-18-6-3-4-7-19(18)24(20)14-16-9-11-17(27-2)12-10-16/h3-4,6-7,9-12H,5,8,13-15H2,1-2H3,(H,22,25). The van der Waals surface area contributed by atoms with Gasteiger partial charge < -0.3 is 19.4 Å². The molecular weight excluding hydrogens is 342 g/mol. The largest absolute Gasteiger partial charge is 0.497 e. The van der Waals surface area contributed by atoms with E-state index < -0.39 is 0 Å². The Morgan fingerprint density at radius 2 is 1.89 bits per heavy atom. The summed E-state index contributed by atoms with van der Waals surface area (Å²) in [5, 5.41) is 2.85. The van der Waals surface area contributed by atoms with Gasteiger partial charge in [0, 0.05) is 26.6 Å². The molecule has 142 valence electrons. The number of rotatable bonds is 9. The molecule has 1 heterocycles. The molecule has 1 N–H and O–H groups in total. The Bertz CT molecular complexity index is 887. The van der Waals surface area contributed by atoms with Crippen LogP contribution >= 0.6 is 0 Å². The lowest BCUT2D eigenvalue weighted by Gasteiger charge is -2.10. The molecule has 0 bridgehead atoms. The molecule has 0 atom stereocenters. The Morgan fingerprint density at radius 1 is 1.11 bits per heavy atom. The van der Waals surface area contributed by atoms with Crippen LogP contribution in [0.3, 0.4) is 0 Å². The number of nitrogens with zero attached hydrogens (tertiary/aromatic N) is 2. The van der Waals surface area contributed by atoms with Gasteiger partial charge in [-0.3, -0.25) is 4.79 Å². The average molecular weight is 367 g/mol. The van der Waals surface area contributed by atoms with Crippen molar-refractivity contribution in [2.75, 3.05) is 27.4 Å². The molecule has 3 aromatic rings. The third-order valence-electron chi connectivity index (χ3n) is 4.41. The van der Waals surface area contributed by atoms with Crippen LogP contribution in [0.25, 0.3) is 11.0 Å². The van der Waals surface area contributed by atoms with E-state index in [0.29, 0.717) is 6.54 Å². The molecule has 1 amide bonds. The lowest BCUT2D eigenvalue weighted by Crippen LogP contribution is -2.28. The quantitative estimate of drug-likeness (QED) is 0.591. The summed E-state index contributed by atoms with van der Waals surface area (Å²) in [7, 11) is 3.18. The maximum absolute atomic E-state index is 11.5. The topological polar surface area (TPSA) is 65.4 Å². The van der Waals surface area contributed by atoms with Crippen LogP contribution in [0, 0.1) is 0 Å². The second kappa shape index (κ2) is 9.19. The first-order valence-corrected chi connectivity index (χ1v) is 9.04. The van der Waals surface area contributed by atoms with Gasteiger partial charge in [0.2, 0.25) is 5.91 Å². The van der Waals surface area contributed by atoms with Crippen LogP contribution in [-0.2, 0) is 22.5 Å². The van der Waals surface area contributed by atoms with Gasteiger partial charge in [0.15, 0.2) is 0 Å². The minimum absolute atomic E-state index is 0.0932. The van der Waals surface area contributed by atoms with Gasteiger partial charge in [0.1, 0.15) is 18.2 Å². The predicted molar refractivity (Wildman–Crippen MR) is 105 cm³/mol. The van der Waals surface area contributed by atoms with Crippen LogP contribution in [0.4, 0.5) is 0 Å². The van der Waals surface area contributed by atoms with Crippen molar-refractivity contribution >= 4 is 16.9 Å². The number of imidazole rings is 1. The highest BCUT2D eigenvalue weighted by Gasteiger charge is 2.11. The van der Waals surface area contributed by atoms with Crippen LogP contribution in [-0.4, -0.2) is 42.8 Å². The second-order valence-corrected chi connectivity index (χ2v) is 6.34. The fraction of sp³-hybridized carbons (Fsp3) is 0.333. The number of amides is 1. The van der Waals surface area contributed by atoms with Gasteiger partial charge in [-0.2, -0.15) is 0 Å². The first-order valence-electron chi connectivity index (χ1n) is 9.04. The molecular formula is C21H25N3O3. The van der Waals surface area contributed by atoms with Crippen LogP contribution in [0.15, 0.2) is 48.5 Å². The van der Waals surface area contributed by atoms with Crippen LogP contribution in [0.5, 0.6) is 5.75 Å². The number of fused-ring (bicyclic) bond motifs is 1. The van der Waals surface area contributed by atoms with E-state index in [9.17, 15) is 4.79 Å². The van der Waals surface area contributed by atoms with Gasteiger partial charge in [-0.05, 0) is 36.2 Å². The molecule has 0 unspecified atom stereocenters. The lowest BCUT2D eigenvalue weighted by atomic mass is 10.2. The molecule has 0 spiro atoms. The Kier molecular flexibility index (Phi) is 6.44. The number of hydrogen-bond acceptors (Lipinski definition) is 4. The maximum atomic E-state index is 11.5. The molecule has 27 heavy (non-hydrogen) atoms. The number of ether oxygens (including phenoxy) is 2. The SMILES string of the molecule is COCC(=O)NCCCc1nc2ccccc2n1Cc1ccc(OC)cc1. The van der Waals surface area contributed by atoms with Gasteiger partial charge in [-0.1, -0.05) is 24.3 Å². The van der Waals surface area contributed by atoms with Crippen molar-refractivity contribution in [1.29, 1.82) is 0 Å². The molecule has 6 nitrogen and oxygen atoms in total. The Hall–Kier alpha value is -2.86. The number of para-hydroxylation sites is 2. The van der Waals surface area contributed by atoms with Crippen molar-refractivity contribution in [3.63, 3.8) is 0 Å². The predicted octanol–water partition coefficient (Wildman–Crippen LogP) is 2.79. The molecule has 0 fully saturated rings. The van der Waals surface area contributed by atoms with Crippen LogP contribution in [0.2, 0.25) is 0 Å². The highest BCUT2D eigenvalue weighted by atomic mass is 16.5. The van der Waals surface area contributed by atoms with Crippen molar-refractivity contribution in [2.24, 2.45) is 0 Å².